The molecule has 0 saturated carbocycles. The Hall–Kier alpha value is -1.35. The zero-order valence-corrected chi connectivity index (χ0v) is 12.0. The molecule has 1 unspecified atom stereocenters. The molecule has 2 aromatic rings. The molecule has 2 aromatic heterocycles. The molecule has 0 amide bonds. The largest absolute Gasteiger partial charge is 0.326 e. The van der Waals surface area contributed by atoms with Crippen LogP contribution in [0.25, 0.3) is 11.2 Å². The molecule has 0 aromatic carbocycles. The standard InChI is InChI=1S/C9H13N4O5PS/c14-9-7-8(10-5-11-9)13(6-12-7)1-3-20(18)4-2-19(15,16)17/h5-6H,1-4H2,(H,10,11,14)(H2,15,16,17). The van der Waals surface area contributed by atoms with E-state index in [9.17, 15) is 13.6 Å². The number of imidazole rings is 1. The van der Waals surface area contributed by atoms with E-state index in [2.05, 4.69) is 15.0 Å². The number of hydrogen-bond donors (Lipinski definition) is 3. The summed E-state index contributed by atoms with van der Waals surface area (Å²) < 4.78 is 23.9. The van der Waals surface area contributed by atoms with Crippen molar-refractivity contribution >= 4 is 29.6 Å². The molecule has 2 heterocycles. The minimum Gasteiger partial charge on any atom is -0.324 e. The summed E-state index contributed by atoms with van der Waals surface area (Å²) in [4.78, 5) is 39.1. The lowest BCUT2D eigenvalue weighted by molar-refractivity contribution is 0.375. The highest BCUT2D eigenvalue weighted by Crippen LogP contribution is 2.33. The summed E-state index contributed by atoms with van der Waals surface area (Å²) in [6.07, 6.45) is 2.28. The Morgan fingerprint density at radius 3 is 2.80 bits per heavy atom. The Labute approximate surface area is 115 Å². The van der Waals surface area contributed by atoms with Gasteiger partial charge in [0.05, 0.1) is 18.8 Å². The highest BCUT2D eigenvalue weighted by molar-refractivity contribution is 7.85. The number of aryl methyl sites for hydroxylation is 1. The van der Waals surface area contributed by atoms with Gasteiger partial charge >= 0.3 is 7.60 Å². The minimum atomic E-state index is -4.12. The molecule has 0 radical (unpaired) electrons. The summed E-state index contributed by atoms with van der Waals surface area (Å²) in [5, 5.41) is 0. The number of H-pyrrole nitrogens is 1. The normalized spacial score (nSPS) is 13.7. The molecule has 0 bridgehead atoms. The Kier molecular flexibility index (Phi) is 4.48. The lowest BCUT2D eigenvalue weighted by Gasteiger charge is -2.05. The SMILES string of the molecule is O=c1[nH]cnc2c1ncn2CCS(=O)CCP(=O)(O)O. The molecule has 0 aliphatic carbocycles. The Bertz CT molecular complexity index is 735. The van der Waals surface area contributed by atoms with Crippen molar-refractivity contribution in [1.29, 1.82) is 0 Å². The van der Waals surface area contributed by atoms with Crippen LogP contribution in [0.2, 0.25) is 0 Å². The average molecular weight is 320 g/mol. The molecule has 9 nitrogen and oxygen atoms in total. The smallest absolute Gasteiger partial charge is 0.324 e. The Balaban J connectivity index is 2.00. The topological polar surface area (TPSA) is 138 Å². The maximum absolute atomic E-state index is 11.6. The number of nitrogens with one attached hydrogen (secondary N) is 1. The summed E-state index contributed by atoms with van der Waals surface area (Å²) in [6.45, 7) is 0.306. The molecule has 2 rings (SSSR count). The first-order valence-corrected chi connectivity index (χ1v) is 8.93. The Morgan fingerprint density at radius 2 is 2.10 bits per heavy atom. The summed E-state index contributed by atoms with van der Waals surface area (Å²) in [5.41, 5.74) is 0.241. The summed E-state index contributed by atoms with van der Waals surface area (Å²) in [6, 6.07) is 0. The van der Waals surface area contributed by atoms with Gasteiger partial charge in [-0.1, -0.05) is 0 Å². The highest BCUT2D eigenvalue weighted by atomic mass is 32.2. The van der Waals surface area contributed by atoms with Crippen LogP contribution in [0.4, 0.5) is 0 Å². The fraction of sp³-hybridized carbons (Fsp3) is 0.444. The third-order valence-electron chi connectivity index (χ3n) is 2.58. The molecule has 3 N–H and O–H groups in total. The van der Waals surface area contributed by atoms with Gasteiger partial charge in [0.25, 0.3) is 5.56 Å². The van der Waals surface area contributed by atoms with E-state index >= 15 is 0 Å². The van der Waals surface area contributed by atoms with Gasteiger partial charge in [-0.2, -0.15) is 0 Å². The zero-order chi connectivity index (χ0) is 14.8. The molecule has 11 heteroatoms. The van der Waals surface area contributed by atoms with Crippen molar-refractivity contribution in [3.63, 3.8) is 0 Å². The van der Waals surface area contributed by atoms with Crippen molar-refractivity contribution in [2.75, 3.05) is 17.7 Å². The van der Waals surface area contributed by atoms with Crippen LogP contribution in [-0.2, 0) is 21.9 Å². The lowest BCUT2D eigenvalue weighted by Crippen LogP contribution is -2.13. The summed E-state index contributed by atoms with van der Waals surface area (Å²) in [5.74, 6) is 0.144. The number of aromatic nitrogens is 4. The predicted octanol–water partition coefficient (Wildman–Crippen LogP) is -0.954. The molecule has 20 heavy (non-hydrogen) atoms. The molecular weight excluding hydrogens is 307 g/mol. The van der Waals surface area contributed by atoms with E-state index in [1.165, 1.54) is 12.7 Å². The van der Waals surface area contributed by atoms with Gasteiger partial charge in [-0.15, -0.1) is 0 Å². The fourth-order valence-corrected chi connectivity index (χ4v) is 3.95. The number of aromatic amines is 1. The van der Waals surface area contributed by atoms with Crippen LogP contribution in [-0.4, -0.2) is 51.2 Å². The third kappa shape index (κ3) is 3.83. The van der Waals surface area contributed by atoms with E-state index in [1.54, 1.807) is 4.57 Å². The maximum atomic E-state index is 11.6. The van der Waals surface area contributed by atoms with Crippen LogP contribution >= 0.6 is 7.60 Å². The number of rotatable bonds is 6. The maximum Gasteiger partial charge on any atom is 0.326 e. The minimum absolute atomic E-state index is 0.0646. The van der Waals surface area contributed by atoms with Crippen molar-refractivity contribution in [3.8, 4) is 0 Å². The fourth-order valence-electron chi connectivity index (χ4n) is 1.58. The van der Waals surface area contributed by atoms with E-state index in [0.29, 0.717) is 12.2 Å². The van der Waals surface area contributed by atoms with Gasteiger partial charge in [0.1, 0.15) is 0 Å². The molecule has 110 valence electrons. The summed E-state index contributed by atoms with van der Waals surface area (Å²) >= 11 is 0. The Morgan fingerprint density at radius 1 is 1.35 bits per heavy atom. The second-order valence-electron chi connectivity index (χ2n) is 4.08. The highest BCUT2D eigenvalue weighted by Gasteiger charge is 2.15. The second kappa shape index (κ2) is 5.96. The van der Waals surface area contributed by atoms with Crippen LogP contribution in [0, 0.1) is 0 Å². The third-order valence-corrected chi connectivity index (χ3v) is 4.98. The van der Waals surface area contributed by atoms with Crippen molar-refractivity contribution in [1.82, 2.24) is 19.5 Å². The number of fused-ring (bicyclic) bond motifs is 1. The van der Waals surface area contributed by atoms with Crippen molar-refractivity contribution in [2.45, 2.75) is 6.54 Å². The average Bonchev–Trinajstić information content (AvgIpc) is 2.78. The molecule has 0 saturated heterocycles. The van der Waals surface area contributed by atoms with Gasteiger partial charge in [-0.3, -0.25) is 13.6 Å². The van der Waals surface area contributed by atoms with E-state index in [0.717, 1.165) is 0 Å². The van der Waals surface area contributed by atoms with Crippen LogP contribution in [0.5, 0.6) is 0 Å². The quantitative estimate of drug-likeness (QED) is 0.583. The van der Waals surface area contributed by atoms with Crippen LogP contribution < -0.4 is 5.56 Å². The first-order chi connectivity index (χ1) is 9.37. The van der Waals surface area contributed by atoms with E-state index in [4.69, 9.17) is 9.79 Å². The van der Waals surface area contributed by atoms with Gasteiger partial charge < -0.3 is 19.3 Å². The molecular formula is C9H13N4O5PS. The van der Waals surface area contributed by atoms with Crippen LogP contribution in [0.1, 0.15) is 0 Å². The molecule has 1 atom stereocenters. The first-order valence-electron chi connectivity index (χ1n) is 5.65. The molecule has 0 aliphatic heterocycles. The monoisotopic (exact) mass is 320 g/mol. The van der Waals surface area contributed by atoms with Gasteiger partial charge in [-0.25, -0.2) is 9.97 Å². The number of hydrogen-bond acceptors (Lipinski definition) is 5. The van der Waals surface area contributed by atoms with Crippen molar-refractivity contribution < 1.29 is 18.6 Å². The summed E-state index contributed by atoms with van der Waals surface area (Å²) in [7, 11) is -5.47. The van der Waals surface area contributed by atoms with Gasteiger partial charge in [0, 0.05) is 28.9 Å². The van der Waals surface area contributed by atoms with Gasteiger partial charge in [0.2, 0.25) is 0 Å². The van der Waals surface area contributed by atoms with E-state index in [1.807, 2.05) is 0 Å². The molecule has 0 spiro atoms. The van der Waals surface area contributed by atoms with Gasteiger partial charge in [0.15, 0.2) is 11.2 Å². The lowest BCUT2D eigenvalue weighted by atomic mass is 10.5. The molecule has 0 aliphatic rings. The van der Waals surface area contributed by atoms with Crippen molar-refractivity contribution in [3.05, 3.63) is 23.0 Å². The van der Waals surface area contributed by atoms with Gasteiger partial charge in [-0.05, 0) is 0 Å². The van der Waals surface area contributed by atoms with Crippen LogP contribution in [0.3, 0.4) is 0 Å². The van der Waals surface area contributed by atoms with E-state index in [-0.39, 0.29) is 22.6 Å². The van der Waals surface area contributed by atoms with E-state index < -0.39 is 24.6 Å². The zero-order valence-electron chi connectivity index (χ0n) is 10.3. The first kappa shape index (κ1) is 15.0. The molecule has 0 fully saturated rings. The van der Waals surface area contributed by atoms with Crippen LogP contribution in [0.15, 0.2) is 17.4 Å². The van der Waals surface area contributed by atoms with Crippen molar-refractivity contribution in [2.24, 2.45) is 0 Å². The predicted molar refractivity (Wildman–Crippen MR) is 72.9 cm³/mol. The number of nitrogens with zero attached hydrogens (tertiary/aromatic N) is 3. The second-order valence-corrected chi connectivity index (χ2v) is 7.55.